The maximum Gasteiger partial charge on any atom is 0.343 e. The summed E-state index contributed by atoms with van der Waals surface area (Å²) in [6, 6.07) is 12.4. The van der Waals surface area contributed by atoms with Gasteiger partial charge >= 0.3 is 5.97 Å². The molecule has 1 saturated heterocycles. The minimum Gasteiger partial charge on any atom is -0.497 e. The summed E-state index contributed by atoms with van der Waals surface area (Å²) in [5.74, 6) is 0.461. The summed E-state index contributed by atoms with van der Waals surface area (Å²) < 4.78 is 43.1. The Morgan fingerprint density at radius 2 is 1.50 bits per heavy atom. The van der Waals surface area contributed by atoms with Crippen LogP contribution in [0.4, 0.5) is 0 Å². The van der Waals surface area contributed by atoms with Gasteiger partial charge in [0.15, 0.2) is 0 Å². The molecule has 0 spiro atoms. The number of nitrogens with zero attached hydrogens (tertiary/aromatic N) is 1. The van der Waals surface area contributed by atoms with Crippen molar-refractivity contribution >= 4 is 16.0 Å². The normalized spacial score (nSPS) is 20.5. The fourth-order valence-electron chi connectivity index (χ4n) is 3.05. The molecule has 3 rings (SSSR count). The summed E-state index contributed by atoms with van der Waals surface area (Å²) in [6.45, 7) is 4.29. The molecule has 0 aliphatic carbocycles. The Hall–Kier alpha value is -2.42. The Morgan fingerprint density at radius 3 is 2.04 bits per heavy atom. The number of carbonyl (C=O) groups is 1. The van der Waals surface area contributed by atoms with Crippen LogP contribution in [0.1, 0.15) is 24.2 Å². The summed E-state index contributed by atoms with van der Waals surface area (Å²) in [5, 5.41) is 0. The molecule has 0 radical (unpaired) electrons. The molecule has 0 N–H and O–H groups in total. The molecule has 28 heavy (non-hydrogen) atoms. The van der Waals surface area contributed by atoms with E-state index in [2.05, 4.69) is 0 Å². The van der Waals surface area contributed by atoms with Crippen LogP contribution in [0.3, 0.4) is 0 Å². The highest BCUT2D eigenvalue weighted by Crippen LogP contribution is 2.22. The molecular weight excluding hydrogens is 382 g/mol. The van der Waals surface area contributed by atoms with Crippen molar-refractivity contribution in [2.45, 2.75) is 31.0 Å². The molecule has 0 saturated carbocycles. The van der Waals surface area contributed by atoms with E-state index in [4.69, 9.17) is 14.2 Å². The van der Waals surface area contributed by atoms with Gasteiger partial charge in [-0.25, -0.2) is 13.2 Å². The van der Waals surface area contributed by atoms with Gasteiger partial charge in [0.1, 0.15) is 11.5 Å². The molecule has 2 unspecified atom stereocenters. The van der Waals surface area contributed by atoms with Gasteiger partial charge in [0, 0.05) is 13.1 Å². The lowest BCUT2D eigenvalue weighted by Gasteiger charge is -2.34. The predicted octanol–water partition coefficient (Wildman–Crippen LogP) is 2.71. The van der Waals surface area contributed by atoms with Gasteiger partial charge in [-0.15, -0.1) is 0 Å². The summed E-state index contributed by atoms with van der Waals surface area (Å²) in [6.07, 6.45) is -0.338. The van der Waals surface area contributed by atoms with Crippen LogP contribution in [0, 0.1) is 0 Å². The van der Waals surface area contributed by atoms with Crippen molar-refractivity contribution in [2.24, 2.45) is 0 Å². The van der Waals surface area contributed by atoms with E-state index in [1.165, 1.54) is 28.6 Å². The molecule has 1 heterocycles. The maximum atomic E-state index is 12.9. The molecule has 7 nitrogen and oxygen atoms in total. The number of carbonyl (C=O) groups excluding carboxylic acids is 1. The van der Waals surface area contributed by atoms with E-state index in [9.17, 15) is 13.2 Å². The molecule has 1 aliphatic heterocycles. The van der Waals surface area contributed by atoms with E-state index < -0.39 is 16.0 Å². The van der Waals surface area contributed by atoms with Crippen molar-refractivity contribution in [1.29, 1.82) is 0 Å². The minimum atomic E-state index is -3.65. The number of esters is 1. The SMILES string of the molecule is COc1ccc(OC(=O)c2ccc(S(=O)(=O)N3CC(C)OC(C)C3)cc2)cc1. The zero-order valence-electron chi connectivity index (χ0n) is 16.0. The van der Waals surface area contributed by atoms with Crippen molar-refractivity contribution in [3.05, 3.63) is 54.1 Å². The standard InChI is InChI=1S/C20H23NO6S/c1-14-12-21(13-15(2)26-14)28(23,24)19-10-4-16(5-11-19)20(22)27-18-8-6-17(25-3)7-9-18/h4-11,14-15H,12-13H2,1-3H3. The number of hydrogen-bond acceptors (Lipinski definition) is 6. The van der Waals surface area contributed by atoms with Crippen molar-refractivity contribution in [3.63, 3.8) is 0 Å². The van der Waals surface area contributed by atoms with Crippen LogP contribution < -0.4 is 9.47 Å². The molecule has 150 valence electrons. The van der Waals surface area contributed by atoms with Crippen LogP contribution in [0.5, 0.6) is 11.5 Å². The van der Waals surface area contributed by atoms with E-state index in [-0.39, 0.29) is 22.7 Å². The average molecular weight is 405 g/mol. The Kier molecular flexibility index (Phi) is 6.02. The van der Waals surface area contributed by atoms with Gasteiger partial charge in [0.05, 0.1) is 29.8 Å². The lowest BCUT2D eigenvalue weighted by atomic mass is 10.2. The highest BCUT2D eigenvalue weighted by molar-refractivity contribution is 7.89. The van der Waals surface area contributed by atoms with Crippen LogP contribution in [0.15, 0.2) is 53.4 Å². The van der Waals surface area contributed by atoms with E-state index >= 15 is 0 Å². The third kappa shape index (κ3) is 4.52. The van der Waals surface area contributed by atoms with Crippen LogP contribution >= 0.6 is 0 Å². The number of benzene rings is 2. The maximum absolute atomic E-state index is 12.9. The molecule has 0 bridgehead atoms. The monoisotopic (exact) mass is 405 g/mol. The fraction of sp³-hybridized carbons (Fsp3) is 0.350. The first-order valence-corrected chi connectivity index (χ1v) is 10.4. The molecule has 0 aromatic heterocycles. The Bertz CT molecular complexity index is 914. The van der Waals surface area contributed by atoms with Crippen molar-refractivity contribution in [1.82, 2.24) is 4.31 Å². The Labute approximate surface area is 164 Å². The second-order valence-corrected chi connectivity index (χ2v) is 8.61. The van der Waals surface area contributed by atoms with E-state index in [1.54, 1.807) is 31.4 Å². The quantitative estimate of drug-likeness (QED) is 0.562. The lowest BCUT2D eigenvalue weighted by Crippen LogP contribution is -2.48. The first kappa shape index (κ1) is 20.3. The van der Waals surface area contributed by atoms with Crippen LogP contribution in [0.2, 0.25) is 0 Å². The van der Waals surface area contributed by atoms with E-state index in [0.29, 0.717) is 24.6 Å². The van der Waals surface area contributed by atoms with Gasteiger partial charge in [-0.1, -0.05) is 0 Å². The van der Waals surface area contributed by atoms with Gasteiger partial charge in [0.25, 0.3) is 0 Å². The van der Waals surface area contributed by atoms with Crippen molar-refractivity contribution in [2.75, 3.05) is 20.2 Å². The third-order valence-corrected chi connectivity index (χ3v) is 6.23. The smallest absolute Gasteiger partial charge is 0.343 e. The predicted molar refractivity (Wildman–Crippen MR) is 103 cm³/mol. The van der Waals surface area contributed by atoms with Gasteiger partial charge < -0.3 is 14.2 Å². The topological polar surface area (TPSA) is 82.1 Å². The molecule has 1 fully saturated rings. The summed E-state index contributed by atoms with van der Waals surface area (Å²) in [5.41, 5.74) is 0.262. The Morgan fingerprint density at radius 1 is 0.964 bits per heavy atom. The number of sulfonamides is 1. The molecule has 2 aromatic carbocycles. The van der Waals surface area contributed by atoms with Crippen LogP contribution in [-0.4, -0.2) is 51.1 Å². The molecular formula is C20H23NO6S. The zero-order valence-corrected chi connectivity index (χ0v) is 16.8. The molecule has 2 aromatic rings. The van der Waals surface area contributed by atoms with E-state index in [1.807, 2.05) is 13.8 Å². The molecule has 2 atom stereocenters. The van der Waals surface area contributed by atoms with Crippen LogP contribution in [0.25, 0.3) is 0 Å². The molecule has 0 amide bonds. The highest BCUT2D eigenvalue weighted by Gasteiger charge is 2.32. The third-order valence-electron chi connectivity index (χ3n) is 4.38. The second kappa shape index (κ2) is 8.30. The largest absolute Gasteiger partial charge is 0.497 e. The van der Waals surface area contributed by atoms with Gasteiger partial charge in [-0.2, -0.15) is 4.31 Å². The number of methoxy groups -OCH3 is 1. The van der Waals surface area contributed by atoms with Gasteiger partial charge in [-0.3, -0.25) is 0 Å². The summed E-state index contributed by atoms with van der Waals surface area (Å²) in [4.78, 5) is 12.4. The second-order valence-electron chi connectivity index (χ2n) is 6.67. The lowest BCUT2D eigenvalue weighted by molar-refractivity contribution is -0.0440. The Balaban J connectivity index is 1.72. The summed E-state index contributed by atoms with van der Waals surface area (Å²) >= 11 is 0. The van der Waals surface area contributed by atoms with E-state index in [0.717, 1.165) is 0 Å². The van der Waals surface area contributed by atoms with Gasteiger partial charge in [-0.05, 0) is 62.4 Å². The van der Waals surface area contributed by atoms with Gasteiger partial charge in [0.2, 0.25) is 10.0 Å². The summed E-state index contributed by atoms with van der Waals surface area (Å²) in [7, 11) is -2.10. The number of hydrogen-bond donors (Lipinski definition) is 0. The first-order valence-electron chi connectivity index (χ1n) is 8.91. The van der Waals surface area contributed by atoms with Crippen LogP contribution in [-0.2, 0) is 14.8 Å². The first-order chi connectivity index (χ1) is 13.3. The van der Waals surface area contributed by atoms with Crippen molar-refractivity contribution < 1.29 is 27.4 Å². The minimum absolute atomic E-state index is 0.134. The number of morpholine rings is 1. The molecule has 1 aliphatic rings. The highest BCUT2D eigenvalue weighted by atomic mass is 32.2. The van der Waals surface area contributed by atoms with Crippen molar-refractivity contribution in [3.8, 4) is 11.5 Å². The average Bonchev–Trinajstić information content (AvgIpc) is 2.68. The number of ether oxygens (including phenoxy) is 3. The molecule has 8 heteroatoms. The fourth-order valence-corrected chi connectivity index (χ4v) is 4.64. The zero-order chi connectivity index (χ0) is 20.3. The number of rotatable bonds is 5.